The molecule has 0 saturated carbocycles. The van der Waals surface area contributed by atoms with Crippen LogP contribution in [0.5, 0.6) is 0 Å². The van der Waals surface area contributed by atoms with Crippen LogP contribution in [0.15, 0.2) is 261 Å². The van der Waals surface area contributed by atoms with Gasteiger partial charge in [0.1, 0.15) is 0 Å². The van der Waals surface area contributed by atoms with E-state index in [0.717, 1.165) is 123 Å². The minimum absolute atomic E-state index is 0. The number of nitriles is 1. The number of hydrogen-bond acceptors (Lipinski definition) is 4. The van der Waals surface area contributed by atoms with E-state index in [0.29, 0.717) is 5.56 Å². The van der Waals surface area contributed by atoms with Gasteiger partial charge in [0.05, 0.1) is 11.6 Å². The van der Waals surface area contributed by atoms with Crippen LogP contribution in [-0.2, 0) is 20.1 Å². The Labute approximate surface area is 451 Å². The zero-order chi connectivity index (χ0) is 49.6. The molecule has 3 heterocycles. The van der Waals surface area contributed by atoms with Crippen LogP contribution in [0.2, 0.25) is 0 Å². The Morgan fingerprint density at radius 3 is 1.15 bits per heavy atom. The Hall–Kier alpha value is -9.43. The summed E-state index contributed by atoms with van der Waals surface area (Å²) in [5.74, 6) is 0. The molecular weight excluding hydrogens is 1090 g/mol. The molecule has 12 aromatic rings. The van der Waals surface area contributed by atoms with E-state index < -0.39 is 0 Å². The van der Waals surface area contributed by atoms with Crippen molar-refractivity contribution in [1.29, 1.82) is 5.26 Å². The van der Waals surface area contributed by atoms with Crippen molar-refractivity contribution < 1.29 is 20.1 Å². The fourth-order valence-electron chi connectivity index (χ4n) is 9.84. The molecular formula is C70H43IrN4. The first-order valence-corrected chi connectivity index (χ1v) is 24.5. The molecule has 0 unspecified atom stereocenters. The summed E-state index contributed by atoms with van der Waals surface area (Å²) in [4.78, 5) is 15.0. The fraction of sp³-hybridized carbons (Fsp3) is 0. The van der Waals surface area contributed by atoms with Gasteiger partial charge in [0.2, 0.25) is 0 Å². The van der Waals surface area contributed by atoms with E-state index in [-0.39, 0.29) is 20.1 Å². The van der Waals surface area contributed by atoms with Gasteiger partial charge in [-0.1, -0.05) is 146 Å². The van der Waals surface area contributed by atoms with Gasteiger partial charge < -0.3 is 15.0 Å². The van der Waals surface area contributed by atoms with E-state index in [1.165, 1.54) is 0 Å². The molecule has 0 aliphatic carbocycles. The maximum Gasteiger partial charge on any atom is 3.00 e. The van der Waals surface area contributed by atoms with Crippen LogP contribution in [0.25, 0.3) is 123 Å². The second-order valence-electron chi connectivity index (χ2n) is 18.0. The van der Waals surface area contributed by atoms with Crippen molar-refractivity contribution in [2.75, 3.05) is 0 Å². The molecule has 0 amide bonds. The summed E-state index contributed by atoms with van der Waals surface area (Å²) in [5, 5.41) is 10.9. The van der Waals surface area contributed by atoms with Gasteiger partial charge in [0, 0.05) is 24.2 Å². The molecule has 0 aliphatic rings. The molecule has 9 aromatic carbocycles. The smallest absolute Gasteiger partial charge is 0.304 e. The SMILES string of the molecule is N#Cc1cc(-c2ccccc2)ccc1-c1cc(-c2[c-]cccc2)ncc1-c1ccccc1-c1cc(-c2ccccc2-c2ccc(-c3[c-]cccc3)nc2)cc(-c2ccccc2-c2ccc(-c3[c-]cccc3)nc2)c1.[Ir+3]. The first kappa shape index (κ1) is 47.9. The summed E-state index contributed by atoms with van der Waals surface area (Å²) in [6, 6.07) is 95.7. The Morgan fingerprint density at radius 2 is 0.693 bits per heavy atom. The zero-order valence-electron chi connectivity index (χ0n) is 40.4. The van der Waals surface area contributed by atoms with Gasteiger partial charge in [0.15, 0.2) is 0 Å². The van der Waals surface area contributed by atoms with Crippen LogP contribution < -0.4 is 0 Å². The number of rotatable bonds is 11. The summed E-state index contributed by atoms with van der Waals surface area (Å²) in [5.41, 5.74) is 21.9. The maximum absolute atomic E-state index is 10.9. The predicted octanol–water partition coefficient (Wildman–Crippen LogP) is 17.5. The van der Waals surface area contributed by atoms with Gasteiger partial charge in [-0.25, -0.2) is 0 Å². The van der Waals surface area contributed by atoms with E-state index in [2.05, 4.69) is 170 Å². The summed E-state index contributed by atoms with van der Waals surface area (Å²) in [6.07, 6.45) is 5.88. The summed E-state index contributed by atoms with van der Waals surface area (Å²) in [7, 11) is 0. The molecule has 0 fully saturated rings. The van der Waals surface area contributed by atoms with Crippen molar-refractivity contribution in [1.82, 2.24) is 15.0 Å². The summed E-state index contributed by atoms with van der Waals surface area (Å²) < 4.78 is 0. The Bertz CT molecular complexity index is 3840. The maximum atomic E-state index is 10.9. The number of benzene rings is 9. The molecule has 0 N–H and O–H groups in total. The molecule has 12 rings (SSSR count). The quantitative estimate of drug-likeness (QED) is 0.121. The topological polar surface area (TPSA) is 62.5 Å². The Morgan fingerprint density at radius 1 is 0.280 bits per heavy atom. The minimum atomic E-state index is 0. The first-order valence-electron chi connectivity index (χ1n) is 24.5. The average Bonchev–Trinajstić information content (AvgIpc) is 3.50. The van der Waals surface area contributed by atoms with E-state index in [1.54, 1.807) is 0 Å². The third kappa shape index (κ3) is 9.93. The van der Waals surface area contributed by atoms with Crippen molar-refractivity contribution in [2.24, 2.45) is 0 Å². The van der Waals surface area contributed by atoms with Gasteiger partial charge in [-0.05, 0) is 125 Å². The van der Waals surface area contributed by atoms with E-state index in [1.807, 2.05) is 116 Å². The Balaban J connectivity index is 0.00000602. The second-order valence-corrected chi connectivity index (χ2v) is 18.0. The molecule has 0 spiro atoms. The fourth-order valence-corrected chi connectivity index (χ4v) is 9.84. The molecule has 0 saturated heterocycles. The van der Waals surface area contributed by atoms with Crippen molar-refractivity contribution in [3.05, 3.63) is 285 Å². The van der Waals surface area contributed by atoms with Crippen LogP contribution in [0.3, 0.4) is 0 Å². The van der Waals surface area contributed by atoms with Crippen LogP contribution in [0, 0.1) is 29.5 Å². The Kier molecular flexibility index (Phi) is 13.9. The molecule has 0 atom stereocenters. The number of nitrogens with zero attached hydrogens (tertiary/aromatic N) is 4. The van der Waals surface area contributed by atoms with Crippen LogP contribution in [0.1, 0.15) is 5.56 Å². The predicted molar refractivity (Wildman–Crippen MR) is 301 cm³/mol. The van der Waals surface area contributed by atoms with E-state index >= 15 is 0 Å². The average molecular weight is 1130 g/mol. The standard InChI is InChI=1S/C70H43N4.Ir/c71-44-58-39-52(48-19-5-1-6-20-48)33-36-64(58)66-43-70(51-25-11-4-12-26-51)74-47-67(66)65-32-18-17-31-63(65)57-41-55(61-29-15-13-27-59(61)53-34-37-68(72-45-53)49-21-7-2-8-22-49)40-56(42-57)62-30-16-14-28-60(62)54-35-38-69(73-46-54)50-23-9-3-10-24-50;/h1-21,23,25,27-43,45-47H;/q-3;+3. The number of pyridine rings is 3. The normalized spacial score (nSPS) is 10.8. The van der Waals surface area contributed by atoms with E-state index in [9.17, 15) is 5.26 Å². The zero-order valence-corrected chi connectivity index (χ0v) is 42.8. The van der Waals surface area contributed by atoms with Crippen LogP contribution in [-0.4, -0.2) is 15.0 Å². The molecule has 0 radical (unpaired) electrons. The van der Waals surface area contributed by atoms with Crippen molar-refractivity contribution >= 4 is 0 Å². The van der Waals surface area contributed by atoms with Crippen LogP contribution in [0.4, 0.5) is 0 Å². The molecule has 352 valence electrons. The molecule has 5 heteroatoms. The molecule has 0 aliphatic heterocycles. The second kappa shape index (κ2) is 21.7. The van der Waals surface area contributed by atoms with Gasteiger partial charge in [-0.2, -0.15) is 5.26 Å². The largest absolute Gasteiger partial charge is 3.00 e. The van der Waals surface area contributed by atoms with Gasteiger partial charge in [0.25, 0.3) is 0 Å². The monoisotopic (exact) mass is 1130 g/mol. The van der Waals surface area contributed by atoms with Gasteiger partial charge in [-0.15, -0.1) is 108 Å². The third-order valence-electron chi connectivity index (χ3n) is 13.5. The molecule has 3 aromatic heterocycles. The van der Waals surface area contributed by atoms with E-state index in [4.69, 9.17) is 15.0 Å². The van der Waals surface area contributed by atoms with Crippen molar-refractivity contribution in [2.45, 2.75) is 0 Å². The van der Waals surface area contributed by atoms with Gasteiger partial charge in [-0.3, -0.25) is 0 Å². The number of hydrogen-bond donors (Lipinski definition) is 0. The molecule has 4 nitrogen and oxygen atoms in total. The molecule has 75 heavy (non-hydrogen) atoms. The third-order valence-corrected chi connectivity index (χ3v) is 13.5. The van der Waals surface area contributed by atoms with Gasteiger partial charge >= 0.3 is 20.1 Å². The summed E-state index contributed by atoms with van der Waals surface area (Å²) in [6.45, 7) is 0. The summed E-state index contributed by atoms with van der Waals surface area (Å²) >= 11 is 0. The molecule has 0 bridgehead atoms. The number of aromatic nitrogens is 3. The van der Waals surface area contributed by atoms with Crippen LogP contribution >= 0.6 is 0 Å². The first-order chi connectivity index (χ1) is 36.6. The minimum Gasteiger partial charge on any atom is -0.304 e. The van der Waals surface area contributed by atoms with Crippen molar-refractivity contribution in [3.8, 4) is 129 Å². The van der Waals surface area contributed by atoms with Crippen molar-refractivity contribution in [3.63, 3.8) is 0 Å².